The number of fused-ring (bicyclic) bond motifs is 3. The first-order valence-electron chi connectivity index (χ1n) is 12.3. The molecule has 3 heterocycles. The Kier molecular flexibility index (Phi) is 5.18. The smallest absolute Gasteiger partial charge is 0.0961 e. The third kappa shape index (κ3) is 4.04. The maximum atomic E-state index is 4.64. The lowest BCUT2D eigenvalue weighted by molar-refractivity contribution is 0.331. The molecule has 0 saturated carbocycles. The van der Waals surface area contributed by atoms with Crippen LogP contribution >= 0.6 is 0 Å². The summed E-state index contributed by atoms with van der Waals surface area (Å²) < 4.78 is 2.27. The number of imidazole rings is 1. The zero-order valence-corrected chi connectivity index (χ0v) is 19.7. The lowest BCUT2D eigenvalue weighted by atomic mass is 10.0. The molecule has 0 aliphatic carbocycles. The van der Waals surface area contributed by atoms with E-state index in [2.05, 4.69) is 82.1 Å². The normalized spacial score (nSPS) is 15.8. The monoisotopic (exact) mass is 436 g/mol. The Balaban J connectivity index is 1.23. The molecule has 1 fully saturated rings. The van der Waals surface area contributed by atoms with Crippen LogP contribution in [0.25, 0.3) is 11.0 Å². The predicted octanol–water partition coefficient (Wildman–Crippen LogP) is 6.14. The minimum absolute atomic E-state index is 0.846. The zero-order chi connectivity index (χ0) is 22.4. The predicted molar refractivity (Wildman–Crippen MR) is 136 cm³/mol. The molecule has 4 nitrogen and oxygen atoms in total. The Morgan fingerprint density at radius 1 is 0.788 bits per heavy atom. The van der Waals surface area contributed by atoms with Crippen LogP contribution in [0.15, 0.2) is 54.9 Å². The van der Waals surface area contributed by atoms with Gasteiger partial charge >= 0.3 is 0 Å². The van der Waals surface area contributed by atoms with Crippen molar-refractivity contribution in [3.63, 3.8) is 0 Å². The number of likely N-dealkylation sites (tertiary alicyclic amines) is 1. The Morgan fingerprint density at radius 2 is 1.42 bits per heavy atom. The lowest BCUT2D eigenvalue weighted by Gasteiger charge is -2.16. The molecule has 2 aliphatic heterocycles. The van der Waals surface area contributed by atoms with Crippen molar-refractivity contribution >= 4 is 22.4 Å². The number of aryl methyl sites for hydroxylation is 4. The molecule has 0 bridgehead atoms. The molecule has 0 radical (unpaired) electrons. The van der Waals surface area contributed by atoms with Gasteiger partial charge in [-0.1, -0.05) is 24.3 Å². The fourth-order valence-electron chi connectivity index (χ4n) is 5.40. The summed E-state index contributed by atoms with van der Waals surface area (Å²) in [6.07, 6.45) is 6.82. The number of anilines is 2. The molecule has 0 amide bonds. The van der Waals surface area contributed by atoms with Gasteiger partial charge in [0, 0.05) is 24.5 Å². The van der Waals surface area contributed by atoms with Gasteiger partial charge in [0.2, 0.25) is 0 Å². The highest BCUT2D eigenvalue weighted by Gasteiger charge is 2.16. The van der Waals surface area contributed by atoms with Gasteiger partial charge in [-0.2, -0.15) is 0 Å². The molecule has 2 aliphatic rings. The second kappa shape index (κ2) is 8.35. The van der Waals surface area contributed by atoms with E-state index in [4.69, 9.17) is 0 Å². The zero-order valence-electron chi connectivity index (χ0n) is 19.7. The minimum atomic E-state index is 0.846. The molecule has 0 unspecified atom stereocenters. The van der Waals surface area contributed by atoms with Crippen LogP contribution in [0.4, 0.5) is 11.4 Å². The second-order valence-corrected chi connectivity index (χ2v) is 9.89. The van der Waals surface area contributed by atoms with Crippen LogP contribution in [0, 0.1) is 13.8 Å². The van der Waals surface area contributed by atoms with E-state index in [1.165, 1.54) is 76.2 Å². The van der Waals surface area contributed by atoms with Crippen LogP contribution in [0.5, 0.6) is 0 Å². The van der Waals surface area contributed by atoms with Crippen molar-refractivity contribution in [3.8, 4) is 0 Å². The van der Waals surface area contributed by atoms with Crippen molar-refractivity contribution in [2.75, 3.05) is 18.4 Å². The Labute approximate surface area is 196 Å². The van der Waals surface area contributed by atoms with Gasteiger partial charge in [-0.05, 0) is 110 Å². The van der Waals surface area contributed by atoms with E-state index in [9.17, 15) is 0 Å². The summed E-state index contributed by atoms with van der Waals surface area (Å²) in [7, 11) is 0. The Hall–Kier alpha value is -3.11. The van der Waals surface area contributed by atoms with E-state index < -0.39 is 0 Å². The maximum Gasteiger partial charge on any atom is 0.0961 e. The standard InChI is InChI=1S/C29H32N4/c1-20-13-28-29(14-21(20)2)33(19-30-28)18-23-6-10-27-25(16-23)8-7-24-15-22(5-9-26(24)31-27)17-32-11-3-4-12-32/h5-6,9-10,13-16,19,31H,3-4,7-8,11-12,17-18H2,1-2H3. The molecule has 6 rings (SSSR count). The average molecular weight is 437 g/mol. The van der Waals surface area contributed by atoms with Crippen molar-refractivity contribution in [3.05, 3.63) is 88.2 Å². The lowest BCUT2D eigenvalue weighted by Crippen LogP contribution is -2.18. The largest absolute Gasteiger partial charge is 0.355 e. The Morgan fingerprint density at radius 3 is 2.12 bits per heavy atom. The topological polar surface area (TPSA) is 33.1 Å². The molecule has 4 heteroatoms. The summed E-state index contributed by atoms with van der Waals surface area (Å²) in [5, 5.41) is 3.72. The van der Waals surface area contributed by atoms with Crippen molar-refractivity contribution in [2.45, 2.75) is 52.6 Å². The fourth-order valence-corrected chi connectivity index (χ4v) is 5.40. The number of aromatic nitrogens is 2. The van der Waals surface area contributed by atoms with Crippen molar-refractivity contribution in [1.29, 1.82) is 0 Å². The highest BCUT2D eigenvalue weighted by atomic mass is 15.1. The number of nitrogens with one attached hydrogen (secondary N) is 1. The summed E-state index contributed by atoms with van der Waals surface area (Å²) in [6.45, 7) is 8.75. The van der Waals surface area contributed by atoms with Crippen LogP contribution in [0.1, 0.15) is 46.2 Å². The summed E-state index contributed by atoms with van der Waals surface area (Å²) in [5.41, 5.74) is 13.0. The van der Waals surface area contributed by atoms with E-state index in [0.29, 0.717) is 0 Å². The first kappa shape index (κ1) is 20.5. The number of benzene rings is 3. The molecule has 1 saturated heterocycles. The SMILES string of the molecule is Cc1cc2ncn(Cc3ccc4c(c3)CCc3cc(CN5CCCC5)ccc3N4)c2cc1C. The number of hydrogen-bond acceptors (Lipinski definition) is 3. The molecule has 0 spiro atoms. The quantitative estimate of drug-likeness (QED) is 0.417. The van der Waals surface area contributed by atoms with Gasteiger partial charge in [-0.3, -0.25) is 4.90 Å². The summed E-state index contributed by atoms with van der Waals surface area (Å²) in [4.78, 5) is 7.22. The van der Waals surface area contributed by atoms with Gasteiger partial charge in [0.25, 0.3) is 0 Å². The van der Waals surface area contributed by atoms with Crippen LogP contribution < -0.4 is 5.32 Å². The van der Waals surface area contributed by atoms with E-state index in [1.807, 2.05) is 6.33 Å². The highest BCUT2D eigenvalue weighted by molar-refractivity contribution is 5.77. The van der Waals surface area contributed by atoms with Crippen LogP contribution in [0.2, 0.25) is 0 Å². The first-order valence-corrected chi connectivity index (χ1v) is 12.3. The molecular formula is C29H32N4. The molecule has 1 N–H and O–H groups in total. The Bertz CT molecular complexity index is 1330. The van der Waals surface area contributed by atoms with Gasteiger partial charge in [0.1, 0.15) is 0 Å². The van der Waals surface area contributed by atoms with E-state index >= 15 is 0 Å². The third-order valence-electron chi connectivity index (χ3n) is 7.47. The second-order valence-electron chi connectivity index (χ2n) is 9.89. The molecular weight excluding hydrogens is 404 g/mol. The van der Waals surface area contributed by atoms with Gasteiger partial charge in [0.15, 0.2) is 0 Å². The van der Waals surface area contributed by atoms with Gasteiger partial charge in [-0.25, -0.2) is 4.98 Å². The minimum Gasteiger partial charge on any atom is -0.355 e. The van der Waals surface area contributed by atoms with Crippen molar-refractivity contribution < 1.29 is 0 Å². The molecule has 3 aromatic carbocycles. The van der Waals surface area contributed by atoms with Crippen LogP contribution in [-0.4, -0.2) is 27.5 Å². The van der Waals surface area contributed by atoms with Gasteiger partial charge in [0.05, 0.1) is 17.4 Å². The van der Waals surface area contributed by atoms with Crippen molar-refractivity contribution in [2.24, 2.45) is 0 Å². The van der Waals surface area contributed by atoms with E-state index in [0.717, 1.165) is 31.4 Å². The molecule has 168 valence electrons. The van der Waals surface area contributed by atoms with Gasteiger partial charge in [-0.15, -0.1) is 0 Å². The maximum absolute atomic E-state index is 4.64. The number of nitrogens with zero attached hydrogens (tertiary/aromatic N) is 3. The fraction of sp³-hybridized carbons (Fsp3) is 0.345. The van der Waals surface area contributed by atoms with E-state index in [1.54, 1.807) is 0 Å². The summed E-state index contributed by atoms with van der Waals surface area (Å²) in [6, 6.07) is 18.4. The molecule has 0 atom stereocenters. The van der Waals surface area contributed by atoms with E-state index in [-0.39, 0.29) is 0 Å². The summed E-state index contributed by atoms with van der Waals surface area (Å²) in [5.74, 6) is 0. The molecule has 4 aromatic rings. The van der Waals surface area contributed by atoms with Crippen LogP contribution in [-0.2, 0) is 25.9 Å². The average Bonchev–Trinajstić information content (AvgIpc) is 3.41. The van der Waals surface area contributed by atoms with Gasteiger partial charge < -0.3 is 9.88 Å². The first-order chi connectivity index (χ1) is 16.1. The number of hydrogen-bond donors (Lipinski definition) is 1. The third-order valence-corrected chi connectivity index (χ3v) is 7.47. The van der Waals surface area contributed by atoms with Crippen LogP contribution in [0.3, 0.4) is 0 Å². The molecule has 1 aromatic heterocycles. The number of rotatable bonds is 4. The van der Waals surface area contributed by atoms with Crippen molar-refractivity contribution in [1.82, 2.24) is 14.5 Å². The molecule has 33 heavy (non-hydrogen) atoms. The highest BCUT2D eigenvalue weighted by Crippen LogP contribution is 2.32. The summed E-state index contributed by atoms with van der Waals surface area (Å²) >= 11 is 0.